The van der Waals surface area contributed by atoms with Gasteiger partial charge in [-0.25, -0.2) is 0 Å². The maximum Gasteiger partial charge on any atom is 0.0963 e. The second-order valence-corrected chi connectivity index (χ2v) is 3.87. The zero-order valence-electron chi connectivity index (χ0n) is 8.62. The maximum absolute atomic E-state index is 9.41. The lowest BCUT2D eigenvalue weighted by molar-refractivity contribution is 0.372. The van der Waals surface area contributed by atoms with E-state index in [1.165, 1.54) is 5.69 Å². The molecule has 0 saturated heterocycles. The van der Waals surface area contributed by atoms with Crippen molar-refractivity contribution in [1.82, 2.24) is 0 Å². The molecule has 1 aliphatic rings. The Labute approximate surface area is 84.5 Å². The summed E-state index contributed by atoms with van der Waals surface area (Å²) in [6.07, 6.45) is 1.85. The molecule has 0 unspecified atom stereocenters. The standard InChI is InChI=1S/C12H15NO/c1-13(2)10-5-3-9(4-6-10)11-7-8-12(11)14/h3-6,14H,7-8H2,1-2H3. The van der Waals surface area contributed by atoms with Gasteiger partial charge in [-0.15, -0.1) is 0 Å². The van der Waals surface area contributed by atoms with E-state index in [-0.39, 0.29) is 0 Å². The molecule has 1 aromatic rings. The molecular weight excluding hydrogens is 174 g/mol. The summed E-state index contributed by atoms with van der Waals surface area (Å²) in [5, 5.41) is 9.41. The van der Waals surface area contributed by atoms with Crippen LogP contribution in [0.4, 0.5) is 5.69 Å². The minimum atomic E-state index is 0.558. The third-order valence-electron chi connectivity index (χ3n) is 2.69. The van der Waals surface area contributed by atoms with Crippen molar-refractivity contribution in [2.45, 2.75) is 12.8 Å². The molecule has 74 valence electrons. The number of rotatable bonds is 2. The van der Waals surface area contributed by atoms with E-state index in [9.17, 15) is 5.11 Å². The third-order valence-corrected chi connectivity index (χ3v) is 2.69. The second kappa shape index (κ2) is 3.37. The Morgan fingerprint density at radius 2 is 1.71 bits per heavy atom. The molecule has 0 heterocycles. The van der Waals surface area contributed by atoms with Crippen molar-refractivity contribution in [3.63, 3.8) is 0 Å². The Hall–Kier alpha value is -1.44. The molecule has 0 spiro atoms. The van der Waals surface area contributed by atoms with E-state index in [0.717, 1.165) is 24.0 Å². The Morgan fingerprint density at radius 1 is 1.07 bits per heavy atom. The lowest BCUT2D eigenvalue weighted by atomic mass is 9.90. The fourth-order valence-electron chi connectivity index (χ4n) is 1.63. The Morgan fingerprint density at radius 3 is 2.07 bits per heavy atom. The van der Waals surface area contributed by atoms with Gasteiger partial charge in [0.2, 0.25) is 0 Å². The van der Waals surface area contributed by atoms with Crippen molar-refractivity contribution in [3.8, 4) is 0 Å². The van der Waals surface area contributed by atoms with Crippen molar-refractivity contribution in [2.75, 3.05) is 19.0 Å². The summed E-state index contributed by atoms with van der Waals surface area (Å²) in [6.45, 7) is 0. The summed E-state index contributed by atoms with van der Waals surface area (Å²) in [7, 11) is 4.05. The number of nitrogens with zero attached hydrogens (tertiary/aromatic N) is 1. The number of allylic oxidation sites excluding steroid dienone is 2. The Balaban J connectivity index is 2.27. The fraction of sp³-hybridized carbons (Fsp3) is 0.333. The highest BCUT2D eigenvalue weighted by Gasteiger charge is 2.17. The van der Waals surface area contributed by atoms with Crippen LogP contribution in [0.1, 0.15) is 18.4 Å². The average molecular weight is 189 g/mol. The molecule has 0 aliphatic heterocycles. The fourth-order valence-corrected chi connectivity index (χ4v) is 1.63. The summed E-state index contributed by atoms with van der Waals surface area (Å²) in [5.74, 6) is 0.558. The van der Waals surface area contributed by atoms with Gasteiger partial charge in [-0.2, -0.15) is 0 Å². The van der Waals surface area contributed by atoms with Crippen molar-refractivity contribution in [1.29, 1.82) is 0 Å². The first-order valence-electron chi connectivity index (χ1n) is 4.87. The molecule has 14 heavy (non-hydrogen) atoms. The van der Waals surface area contributed by atoms with E-state index in [4.69, 9.17) is 0 Å². The van der Waals surface area contributed by atoms with E-state index in [2.05, 4.69) is 29.2 Å². The van der Waals surface area contributed by atoms with Gasteiger partial charge in [0.1, 0.15) is 0 Å². The van der Waals surface area contributed by atoms with Gasteiger partial charge in [0, 0.05) is 26.2 Å². The zero-order chi connectivity index (χ0) is 10.1. The highest BCUT2D eigenvalue weighted by molar-refractivity contribution is 5.73. The van der Waals surface area contributed by atoms with Crippen LogP contribution in [0.5, 0.6) is 0 Å². The number of hydrogen-bond donors (Lipinski definition) is 1. The van der Waals surface area contributed by atoms with Crippen molar-refractivity contribution < 1.29 is 5.11 Å². The molecule has 0 bridgehead atoms. The van der Waals surface area contributed by atoms with Crippen LogP contribution in [0, 0.1) is 0 Å². The van der Waals surface area contributed by atoms with Crippen LogP contribution in [0.3, 0.4) is 0 Å². The minimum Gasteiger partial charge on any atom is -0.512 e. The van der Waals surface area contributed by atoms with Crippen molar-refractivity contribution >= 4 is 11.3 Å². The van der Waals surface area contributed by atoms with Crippen molar-refractivity contribution in [3.05, 3.63) is 35.6 Å². The molecule has 0 radical (unpaired) electrons. The molecule has 2 rings (SSSR count). The zero-order valence-corrected chi connectivity index (χ0v) is 8.62. The van der Waals surface area contributed by atoms with Crippen LogP contribution in [0.2, 0.25) is 0 Å². The summed E-state index contributed by atoms with van der Waals surface area (Å²) < 4.78 is 0. The van der Waals surface area contributed by atoms with Gasteiger partial charge in [-0.05, 0) is 29.7 Å². The highest BCUT2D eigenvalue weighted by Crippen LogP contribution is 2.34. The van der Waals surface area contributed by atoms with Gasteiger partial charge in [-0.3, -0.25) is 0 Å². The summed E-state index contributed by atoms with van der Waals surface area (Å²) in [4.78, 5) is 2.07. The van der Waals surface area contributed by atoms with Gasteiger partial charge in [0.05, 0.1) is 5.76 Å². The van der Waals surface area contributed by atoms with Crippen LogP contribution in [-0.4, -0.2) is 19.2 Å². The number of benzene rings is 1. The number of anilines is 1. The first-order valence-corrected chi connectivity index (χ1v) is 4.87. The van der Waals surface area contributed by atoms with Gasteiger partial charge in [-0.1, -0.05) is 12.1 Å². The molecule has 2 nitrogen and oxygen atoms in total. The quantitative estimate of drug-likeness (QED) is 0.773. The van der Waals surface area contributed by atoms with E-state index in [1.807, 2.05) is 14.1 Å². The second-order valence-electron chi connectivity index (χ2n) is 3.87. The molecular formula is C12H15NO. The molecule has 1 aromatic carbocycles. The molecule has 0 amide bonds. The van der Waals surface area contributed by atoms with Crippen LogP contribution >= 0.6 is 0 Å². The topological polar surface area (TPSA) is 23.5 Å². The number of aliphatic hydroxyl groups is 1. The molecule has 0 atom stereocenters. The lowest BCUT2D eigenvalue weighted by Crippen LogP contribution is -2.08. The Kier molecular flexibility index (Phi) is 2.20. The number of hydrogen-bond acceptors (Lipinski definition) is 2. The Bertz CT molecular complexity index is 362. The minimum absolute atomic E-state index is 0.558. The molecule has 2 heteroatoms. The predicted octanol–water partition coefficient (Wildman–Crippen LogP) is 2.82. The largest absolute Gasteiger partial charge is 0.512 e. The van der Waals surface area contributed by atoms with Crippen LogP contribution in [-0.2, 0) is 0 Å². The van der Waals surface area contributed by atoms with E-state index in [1.54, 1.807) is 0 Å². The van der Waals surface area contributed by atoms with E-state index in [0.29, 0.717) is 5.76 Å². The third kappa shape index (κ3) is 1.48. The molecule has 1 aliphatic carbocycles. The summed E-state index contributed by atoms with van der Waals surface area (Å²) >= 11 is 0. The maximum atomic E-state index is 9.41. The van der Waals surface area contributed by atoms with Gasteiger partial charge < -0.3 is 10.0 Å². The monoisotopic (exact) mass is 189 g/mol. The molecule has 1 N–H and O–H groups in total. The van der Waals surface area contributed by atoms with Crippen LogP contribution in [0.25, 0.3) is 5.57 Å². The molecule has 0 fully saturated rings. The first kappa shape index (κ1) is 9.13. The van der Waals surface area contributed by atoms with Crippen LogP contribution in [0.15, 0.2) is 30.0 Å². The lowest BCUT2D eigenvalue weighted by Gasteiger charge is -2.20. The summed E-state index contributed by atoms with van der Waals surface area (Å²) in [5.41, 5.74) is 3.45. The normalized spacial score (nSPS) is 15.3. The van der Waals surface area contributed by atoms with E-state index >= 15 is 0 Å². The highest BCUT2D eigenvalue weighted by atomic mass is 16.3. The molecule has 0 saturated carbocycles. The summed E-state index contributed by atoms with van der Waals surface area (Å²) in [6, 6.07) is 8.29. The average Bonchev–Trinajstić information content (AvgIpc) is 2.16. The predicted molar refractivity (Wildman–Crippen MR) is 59.6 cm³/mol. The smallest absolute Gasteiger partial charge is 0.0963 e. The first-order chi connectivity index (χ1) is 6.68. The SMILES string of the molecule is CN(C)c1ccc(C2=C(O)CC2)cc1. The molecule has 0 aromatic heterocycles. The number of aliphatic hydroxyl groups excluding tert-OH is 1. The van der Waals surface area contributed by atoms with Gasteiger partial charge >= 0.3 is 0 Å². The van der Waals surface area contributed by atoms with Gasteiger partial charge in [0.15, 0.2) is 0 Å². The van der Waals surface area contributed by atoms with Gasteiger partial charge in [0.25, 0.3) is 0 Å². The van der Waals surface area contributed by atoms with Crippen molar-refractivity contribution in [2.24, 2.45) is 0 Å². The van der Waals surface area contributed by atoms with E-state index < -0.39 is 0 Å². The van der Waals surface area contributed by atoms with Crippen LogP contribution < -0.4 is 4.90 Å².